The molecule has 1 saturated heterocycles. The molecule has 5 rings (SSSR count). The third-order valence-corrected chi connectivity index (χ3v) is 6.97. The molecule has 0 atom stereocenters. The molecular weight excluding hydrogens is 418 g/mol. The van der Waals surface area contributed by atoms with Gasteiger partial charge in [0.05, 0.1) is 24.4 Å². The van der Waals surface area contributed by atoms with Gasteiger partial charge in [0.1, 0.15) is 5.82 Å². The number of aromatic nitrogens is 2. The van der Waals surface area contributed by atoms with Crippen LogP contribution in [0.4, 0.5) is 4.39 Å². The van der Waals surface area contributed by atoms with Crippen molar-refractivity contribution < 1.29 is 13.9 Å². The molecule has 0 bridgehead atoms. The predicted octanol–water partition coefficient (Wildman–Crippen LogP) is 3.78. The van der Waals surface area contributed by atoms with E-state index < -0.39 is 0 Å². The van der Waals surface area contributed by atoms with Crippen LogP contribution < -0.4 is 5.32 Å². The van der Waals surface area contributed by atoms with Gasteiger partial charge in [0.15, 0.2) is 0 Å². The number of rotatable bonds is 7. The van der Waals surface area contributed by atoms with Gasteiger partial charge in [-0.25, -0.2) is 4.39 Å². The number of nitrogens with zero attached hydrogens (tertiary/aromatic N) is 3. The van der Waals surface area contributed by atoms with Crippen molar-refractivity contribution in [2.75, 3.05) is 19.8 Å². The molecule has 1 aliphatic carbocycles. The van der Waals surface area contributed by atoms with Gasteiger partial charge in [0, 0.05) is 42.2 Å². The summed E-state index contributed by atoms with van der Waals surface area (Å²) in [5.41, 5.74) is 4.64. The Hall–Kier alpha value is -2.74. The molecule has 172 valence electrons. The van der Waals surface area contributed by atoms with Gasteiger partial charge in [-0.15, -0.1) is 0 Å². The maximum Gasteiger partial charge on any atom is 0.225 e. The largest absolute Gasteiger partial charge is 0.381 e. The molecule has 1 amide bonds. The van der Waals surface area contributed by atoms with Crippen LogP contribution in [-0.2, 0) is 9.53 Å². The van der Waals surface area contributed by atoms with Crippen molar-refractivity contribution in [2.24, 2.45) is 10.9 Å². The maximum absolute atomic E-state index is 13.6. The first-order valence-corrected chi connectivity index (χ1v) is 12.1. The second-order valence-corrected chi connectivity index (χ2v) is 9.29. The van der Waals surface area contributed by atoms with Crippen molar-refractivity contribution >= 4 is 18.8 Å². The SMILES string of the molecule is O=C(CC1=CBC(c2cnn(C3CCCC3)c2-c2ccc(F)cc2)=N1)NCC1CCOCC1. The highest BCUT2D eigenvalue weighted by molar-refractivity contribution is 6.83. The highest BCUT2D eigenvalue weighted by Gasteiger charge is 2.26. The summed E-state index contributed by atoms with van der Waals surface area (Å²) < 4.78 is 21.1. The summed E-state index contributed by atoms with van der Waals surface area (Å²) in [6.07, 6.45) is 8.81. The molecule has 1 aromatic carbocycles. The Morgan fingerprint density at radius 3 is 2.67 bits per heavy atom. The van der Waals surface area contributed by atoms with Crippen molar-refractivity contribution in [3.63, 3.8) is 0 Å². The molecule has 33 heavy (non-hydrogen) atoms. The number of benzene rings is 1. The standard InChI is InChI=1S/C25H30BFN4O2/c27-19-7-5-18(6-8-19)24-22(16-29-31(24)21-3-1-2-4-21)25-26-14-20(30-25)13-23(32)28-15-17-9-11-33-12-10-17/h5-8,14,16-17,21,26H,1-4,9-13,15H2,(H,28,32). The van der Waals surface area contributed by atoms with Crippen LogP contribution in [0.1, 0.15) is 56.6 Å². The van der Waals surface area contributed by atoms with Crippen LogP contribution in [0, 0.1) is 11.7 Å². The fourth-order valence-corrected chi connectivity index (χ4v) is 5.09. The number of hydrogen-bond donors (Lipinski definition) is 1. The Balaban J connectivity index is 1.31. The maximum atomic E-state index is 13.6. The summed E-state index contributed by atoms with van der Waals surface area (Å²) in [5, 5.41) is 7.80. The van der Waals surface area contributed by atoms with Crippen LogP contribution in [0.25, 0.3) is 11.3 Å². The van der Waals surface area contributed by atoms with E-state index in [1.165, 1.54) is 25.0 Å². The summed E-state index contributed by atoms with van der Waals surface area (Å²) in [6.45, 7) is 2.27. The first kappa shape index (κ1) is 22.1. The van der Waals surface area contributed by atoms with E-state index in [9.17, 15) is 9.18 Å². The molecule has 2 aliphatic heterocycles. The molecule has 2 fully saturated rings. The van der Waals surface area contributed by atoms with E-state index in [-0.39, 0.29) is 18.1 Å². The first-order valence-electron chi connectivity index (χ1n) is 12.1. The van der Waals surface area contributed by atoms with Crippen LogP contribution in [-0.4, -0.2) is 48.3 Å². The molecule has 8 heteroatoms. The highest BCUT2D eigenvalue weighted by Crippen LogP contribution is 2.35. The lowest BCUT2D eigenvalue weighted by molar-refractivity contribution is -0.120. The second kappa shape index (κ2) is 10.0. The summed E-state index contributed by atoms with van der Waals surface area (Å²) in [4.78, 5) is 17.3. The number of aliphatic imine (C=N–C) groups is 1. The lowest BCUT2D eigenvalue weighted by Gasteiger charge is -2.22. The van der Waals surface area contributed by atoms with Crippen LogP contribution in [0.2, 0.25) is 0 Å². The number of carbonyl (C=O) groups is 1. The fourth-order valence-electron chi connectivity index (χ4n) is 5.09. The van der Waals surface area contributed by atoms with Gasteiger partial charge in [0.2, 0.25) is 13.2 Å². The minimum Gasteiger partial charge on any atom is -0.381 e. The van der Waals surface area contributed by atoms with E-state index >= 15 is 0 Å². The summed E-state index contributed by atoms with van der Waals surface area (Å²) >= 11 is 0. The van der Waals surface area contributed by atoms with Crippen LogP contribution in [0.15, 0.2) is 47.1 Å². The summed E-state index contributed by atoms with van der Waals surface area (Å²) in [6, 6.07) is 6.98. The van der Waals surface area contributed by atoms with Crippen molar-refractivity contribution in [3.8, 4) is 11.3 Å². The van der Waals surface area contributed by atoms with Crippen LogP contribution >= 0.6 is 0 Å². The van der Waals surface area contributed by atoms with Crippen molar-refractivity contribution in [3.05, 3.63) is 53.5 Å². The van der Waals surface area contributed by atoms with E-state index in [4.69, 9.17) is 14.8 Å². The second-order valence-electron chi connectivity index (χ2n) is 9.29. The third-order valence-electron chi connectivity index (χ3n) is 6.97. The average Bonchev–Trinajstić information content (AvgIpc) is 3.59. The molecule has 0 unspecified atom stereocenters. The Bertz CT molecular complexity index is 1050. The zero-order valence-electron chi connectivity index (χ0n) is 18.9. The van der Waals surface area contributed by atoms with Crippen LogP contribution in [0.3, 0.4) is 0 Å². The van der Waals surface area contributed by atoms with E-state index in [2.05, 4.69) is 10.00 Å². The molecular formula is C25H30BFN4O2. The average molecular weight is 448 g/mol. The van der Waals surface area contributed by atoms with E-state index in [0.717, 1.165) is 67.0 Å². The van der Waals surface area contributed by atoms with Gasteiger partial charge >= 0.3 is 0 Å². The third kappa shape index (κ3) is 5.11. The summed E-state index contributed by atoms with van der Waals surface area (Å²) in [5.74, 6) is 2.29. The smallest absolute Gasteiger partial charge is 0.225 e. The van der Waals surface area contributed by atoms with Gasteiger partial charge in [-0.2, -0.15) is 5.10 Å². The van der Waals surface area contributed by atoms with Crippen molar-refractivity contribution in [1.29, 1.82) is 0 Å². The molecule has 0 radical (unpaired) electrons. The molecule has 6 nitrogen and oxygen atoms in total. The van der Waals surface area contributed by atoms with Crippen LogP contribution in [0.5, 0.6) is 0 Å². The number of amides is 1. The highest BCUT2D eigenvalue weighted by atomic mass is 19.1. The first-order chi connectivity index (χ1) is 16.2. The number of carbonyl (C=O) groups excluding carboxylic acids is 1. The van der Waals surface area contributed by atoms with Crippen molar-refractivity contribution in [2.45, 2.75) is 51.0 Å². The van der Waals surface area contributed by atoms with Gasteiger partial charge < -0.3 is 10.1 Å². The number of nitrogens with one attached hydrogen (secondary N) is 1. The molecule has 3 aliphatic rings. The molecule has 3 heterocycles. The van der Waals surface area contributed by atoms with E-state index in [1.54, 1.807) is 0 Å². The quantitative estimate of drug-likeness (QED) is 0.656. The molecule has 0 spiro atoms. The minimum atomic E-state index is -0.249. The van der Waals surface area contributed by atoms with E-state index in [1.807, 2.05) is 24.3 Å². The number of ether oxygens (including phenoxy) is 1. The molecule has 1 N–H and O–H groups in total. The predicted molar refractivity (Wildman–Crippen MR) is 128 cm³/mol. The monoisotopic (exact) mass is 448 g/mol. The van der Waals surface area contributed by atoms with Gasteiger partial charge in [-0.3, -0.25) is 14.5 Å². The number of halogens is 1. The Morgan fingerprint density at radius 1 is 1.15 bits per heavy atom. The number of hydrogen-bond acceptors (Lipinski definition) is 4. The lowest BCUT2D eigenvalue weighted by Crippen LogP contribution is -2.32. The zero-order chi connectivity index (χ0) is 22.6. The Morgan fingerprint density at radius 2 is 1.91 bits per heavy atom. The minimum absolute atomic E-state index is 0.0122. The van der Waals surface area contributed by atoms with Gasteiger partial charge in [-0.1, -0.05) is 18.8 Å². The normalized spacial score (nSPS) is 19.3. The molecule has 1 aromatic heterocycles. The Kier molecular flexibility index (Phi) is 6.71. The molecule has 1 saturated carbocycles. The summed E-state index contributed by atoms with van der Waals surface area (Å²) in [7, 11) is 0.674. The Labute approximate surface area is 194 Å². The molecule has 2 aromatic rings. The van der Waals surface area contributed by atoms with Gasteiger partial charge in [0.25, 0.3) is 0 Å². The van der Waals surface area contributed by atoms with Crippen molar-refractivity contribution in [1.82, 2.24) is 15.1 Å². The zero-order valence-corrected chi connectivity index (χ0v) is 18.9. The van der Waals surface area contributed by atoms with Gasteiger partial charge in [-0.05, 0) is 55.9 Å². The fraction of sp³-hybridized carbons (Fsp3) is 0.480. The lowest BCUT2D eigenvalue weighted by atomic mass is 9.70. The topological polar surface area (TPSA) is 68.5 Å². The van der Waals surface area contributed by atoms with E-state index in [0.29, 0.717) is 25.8 Å².